The van der Waals surface area contributed by atoms with Gasteiger partial charge in [0.15, 0.2) is 0 Å². The van der Waals surface area contributed by atoms with Gasteiger partial charge >= 0.3 is 0 Å². The first-order valence-corrected chi connectivity index (χ1v) is 12.0. The molecule has 0 bridgehead atoms. The molecule has 3 aromatic heterocycles. The number of aliphatic hydroxyl groups excluding tert-OH is 1. The Morgan fingerprint density at radius 1 is 0.971 bits per heavy atom. The first kappa shape index (κ1) is 21.3. The van der Waals surface area contributed by atoms with E-state index in [1.165, 1.54) is 0 Å². The fraction of sp³-hybridized carbons (Fsp3) is 0.207. The van der Waals surface area contributed by atoms with E-state index in [1.54, 1.807) is 0 Å². The van der Waals surface area contributed by atoms with Crippen LogP contribution >= 0.6 is 0 Å². The summed E-state index contributed by atoms with van der Waals surface area (Å²) in [4.78, 5) is 9.33. The van der Waals surface area contributed by atoms with Crippen LogP contribution in [0.25, 0.3) is 38.8 Å². The zero-order valence-corrected chi connectivity index (χ0v) is 19.2. The van der Waals surface area contributed by atoms with Crippen molar-refractivity contribution < 1.29 is 5.11 Å². The first-order valence-electron chi connectivity index (χ1n) is 12.0. The molecule has 0 aliphatic heterocycles. The second-order valence-electron chi connectivity index (χ2n) is 9.19. The molecule has 1 aliphatic rings. The molecule has 35 heavy (non-hydrogen) atoms. The van der Waals surface area contributed by atoms with Crippen LogP contribution in [-0.4, -0.2) is 31.8 Å². The number of benzene rings is 2. The molecular weight excluding hydrogens is 434 g/mol. The van der Waals surface area contributed by atoms with E-state index in [4.69, 9.17) is 4.98 Å². The Bertz CT molecular complexity index is 1570. The summed E-state index contributed by atoms with van der Waals surface area (Å²) < 4.78 is 2.06. The fourth-order valence-corrected chi connectivity index (χ4v) is 5.06. The van der Waals surface area contributed by atoms with Gasteiger partial charge in [-0.2, -0.15) is 5.26 Å². The second-order valence-corrected chi connectivity index (χ2v) is 9.19. The summed E-state index contributed by atoms with van der Waals surface area (Å²) in [6.07, 6.45) is 8.94. The van der Waals surface area contributed by atoms with E-state index >= 15 is 0 Å². The van der Waals surface area contributed by atoms with Crippen LogP contribution in [0.3, 0.4) is 0 Å². The number of pyridine rings is 2. The Morgan fingerprint density at radius 2 is 1.83 bits per heavy atom. The molecule has 0 spiro atoms. The number of fused-ring (bicyclic) bond motifs is 2. The highest BCUT2D eigenvalue weighted by atomic mass is 16.3. The molecule has 1 fully saturated rings. The highest BCUT2D eigenvalue weighted by molar-refractivity contribution is 5.96. The number of aromatic nitrogens is 3. The van der Waals surface area contributed by atoms with Crippen LogP contribution in [-0.2, 0) is 0 Å². The van der Waals surface area contributed by atoms with Crippen molar-refractivity contribution in [1.82, 2.24) is 14.5 Å². The van der Waals surface area contributed by atoms with Crippen molar-refractivity contribution in [1.29, 1.82) is 5.26 Å². The summed E-state index contributed by atoms with van der Waals surface area (Å²) in [6, 6.07) is 22.8. The zero-order valence-electron chi connectivity index (χ0n) is 19.2. The topological polar surface area (TPSA) is 86.8 Å². The molecule has 0 saturated heterocycles. The van der Waals surface area contributed by atoms with E-state index in [0.29, 0.717) is 5.56 Å². The van der Waals surface area contributed by atoms with E-state index in [2.05, 4.69) is 39.1 Å². The van der Waals surface area contributed by atoms with Gasteiger partial charge in [-0.25, -0.2) is 4.98 Å². The van der Waals surface area contributed by atoms with Crippen LogP contribution < -0.4 is 5.32 Å². The van der Waals surface area contributed by atoms with Crippen LogP contribution in [0.5, 0.6) is 0 Å². The van der Waals surface area contributed by atoms with Crippen molar-refractivity contribution >= 4 is 27.6 Å². The standard InChI is InChI=1S/C29H25N5O/c30-17-20-5-8-23(16-28(20)33-22-6-9-24(35)10-7-22)34-14-12-26-25(11-13-31-29(26)34)21-15-19-3-1-2-4-27(19)32-18-21/h1-5,8,11-16,18,22,24,33,35H,6-7,9-10H2/t22-,24-. The molecule has 2 N–H and O–H groups in total. The third-order valence-corrected chi connectivity index (χ3v) is 6.95. The molecule has 0 amide bonds. The number of hydrogen-bond donors (Lipinski definition) is 2. The Labute approximate surface area is 203 Å². The number of nitriles is 1. The summed E-state index contributed by atoms with van der Waals surface area (Å²) in [5.41, 5.74) is 6.35. The number of anilines is 1. The lowest BCUT2D eigenvalue weighted by atomic mass is 9.93. The summed E-state index contributed by atoms with van der Waals surface area (Å²) in [5.74, 6) is 0. The molecule has 0 unspecified atom stereocenters. The second kappa shape index (κ2) is 8.86. The largest absolute Gasteiger partial charge is 0.393 e. The Morgan fingerprint density at radius 3 is 2.69 bits per heavy atom. The van der Waals surface area contributed by atoms with E-state index < -0.39 is 0 Å². The SMILES string of the molecule is N#Cc1ccc(-n2ccc3c(-c4cnc5ccccc5c4)ccnc32)cc1N[C@H]1CC[C@H](O)CC1. The Balaban J connectivity index is 1.39. The first-order chi connectivity index (χ1) is 17.2. The van der Waals surface area contributed by atoms with Gasteiger partial charge in [-0.1, -0.05) is 18.2 Å². The van der Waals surface area contributed by atoms with Crippen LogP contribution in [0, 0.1) is 11.3 Å². The maximum atomic E-state index is 9.83. The Hall–Kier alpha value is -4.21. The van der Waals surface area contributed by atoms with Crippen molar-refractivity contribution in [2.45, 2.75) is 37.8 Å². The molecular formula is C29H25N5O. The monoisotopic (exact) mass is 459 g/mol. The highest BCUT2D eigenvalue weighted by Crippen LogP contribution is 2.32. The smallest absolute Gasteiger partial charge is 0.145 e. The lowest BCUT2D eigenvalue weighted by molar-refractivity contribution is 0.126. The molecule has 6 heteroatoms. The molecule has 6 rings (SSSR count). The van der Waals surface area contributed by atoms with E-state index in [9.17, 15) is 10.4 Å². The van der Waals surface area contributed by atoms with Crippen molar-refractivity contribution in [2.24, 2.45) is 0 Å². The van der Waals surface area contributed by atoms with Gasteiger partial charge in [0.25, 0.3) is 0 Å². The molecule has 1 aliphatic carbocycles. The predicted molar refractivity (Wildman–Crippen MR) is 138 cm³/mol. The van der Waals surface area contributed by atoms with Gasteiger partial charge in [-0.05, 0) is 73.7 Å². The van der Waals surface area contributed by atoms with Crippen LogP contribution in [0.15, 0.2) is 79.3 Å². The maximum Gasteiger partial charge on any atom is 0.145 e. The number of hydrogen-bond acceptors (Lipinski definition) is 5. The predicted octanol–water partition coefficient (Wildman–Crippen LogP) is 5.83. The number of aliphatic hydroxyl groups is 1. The van der Waals surface area contributed by atoms with E-state index in [-0.39, 0.29) is 12.1 Å². The molecule has 2 aromatic carbocycles. The average Bonchev–Trinajstić information content (AvgIpc) is 3.34. The molecule has 0 radical (unpaired) electrons. The summed E-state index contributed by atoms with van der Waals surface area (Å²) in [5, 5.41) is 25.2. The average molecular weight is 460 g/mol. The highest BCUT2D eigenvalue weighted by Gasteiger charge is 2.20. The van der Waals surface area contributed by atoms with Gasteiger partial charge in [0, 0.05) is 46.7 Å². The Kier molecular flexibility index (Phi) is 5.40. The normalized spacial score (nSPS) is 17.9. The van der Waals surface area contributed by atoms with Crippen LogP contribution in [0.2, 0.25) is 0 Å². The lowest BCUT2D eigenvalue weighted by Gasteiger charge is -2.27. The van der Waals surface area contributed by atoms with Crippen molar-refractivity contribution in [3.05, 3.63) is 84.8 Å². The van der Waals surface area contributed by atoms with Crippen molar-refractivity contribution in [2.75, 3.05) is 5.32 Å². The van der Waals surface area contributed by atoms with Crippen LogP contribution in [0.1, 0.15) is 31.2 Å². The van der Waals surface area contributed by atoms with Gasteiger partial charge < -0.3 is 15.0 Å². The van der Waals surface area contributed by atoms with Gasteiger partial charge in [-0.15, -0.1) is 0 Å². The van der Waals surface area contributed by atoms with Gasteiger partial charge in [0.1, 0.15) is 11.7 Å². The number of nitrogens with one attached hydrogen (secondary N) is 1. The molecule has 6 nitrogen and oxygen atoms in total. The fourth-order valence-electron chi connectivity index (χ4n) is 5.06. The van der Waals surface area contributed by atoms with Crippen molar-refractivity contribution in [3.8, 4) is 22.9 Å². The van der Waals surface area contributed by atoms with E-state index in [1.807, 2.05) is 61.1 Å². The van der Waals surface area contributed by atoms with Gasteiger partial charge in [-0.3, -0.25) is 4.98 Å². The molecule has 1 saturated carbocycles. The molecule has 0 atom stereocenters. The van der Waals surface area contributed by atoms with E-state index in [0.717, 1.165) is 70.1 Å². The minimum atomic E-state index is -0.209. The zero-order chi connectivity index (χ0) is 23.8. The van der Waals surface area contributed by atoms with Gasteiger partial charge in [0.2, 0.25) is 0 Å². The number of nitrogens with zero attached hydrogens (tertiary/aromatic N) is 4. The minimum Gasteiger partial charge on any atom is -0.393 e. The summed E-state index contributed by atoms with van der Waals surface area (Å²) in [7, 11) is 0. The minimum absolute atomic E-state index is 0.209. The summed E-state index contributed by atoms with van der Waals surface area (Å²) >= 11 is 0. The lowest BCUT2D eigenvalue weighted by Crippen LogP contribution is -2.28. The summed E-state index contributed by atoms with van der Waals surface area (Å²) in [6.45, 7) is 0. The van der Waals surface area contributed by atoms with Crippen molar-refractivity contribution in [3.63, 3.8) is 0 Å². The van der Waals surface area contributed by atoms with Crippen LogP contribution in [0.4, 0.5) is 5.69 Å². The molecule has 3 heterocycles. The molecule has 5 aromatic rings. The quantitative estimate of drug-likeness (QED) is 0.353. The third-order valence-electron chi connectivity index (χ3n) is 6.95. The number of rotatable bonds is 4. The molecule has 172 valence electrons. The van der Waals surface area contributed by atoms with Gasteiger partial charge in [0.05, 0.1) is 22.9 Å². The maximum absolute atomic E-state index is 9.83. The third kappa shape index (κ3) is 4.01. The number of para-hydroxylation sites is 1.